The minimum Gasteiger partial charge on any atom is -0.325 e. The smallest absolute Gasteiger partial charge is 0.0227 e. The Bertz CT molecular complexity index is 280. The van der Waals surface area contributed by atoms with Gasteiger partial charge in [-0.3, -0.25) is 0 Å². The van der Waals surface area contributed by atoms with Crippen LogP contribution in [0.25, 0.3) is 0 Å². The summed E-state index contributed by atoms with van der Waals surface area (Å²) in [4.78, 5) is 0. The molecule has 1 aromatic rings. The van der Waals surface area contributed by atoms with E-state index >= 15 is 0 Å². The molecule has 13 heavy (non-hydrogen) atoms. The van der Waals surface area contributed by atoms with Gasteiger partial charge in [0, 0.05) is 5.54 Å². The number of hydrogen-bond donors (Lipinski definition) is 1. The molecule has 2 atom stereocenters. The summed E-state index contributed by atoms with van der Waals surface area (Å²) in [7, 11) is 0. The number of rotatable bonds is 3. The Morgan fingerprint density at radius 1 is 1.38 bits per heavy atom. The predicted octanol–water partition coefficient (Wildman–Crippen LogP) is 2.36. The van der Waals surface area contributed by atoms with Crippen LogP contribution < -0.4 is 5.73 Å². The Balaban J connectivity index is 2.00. The molecule has 1 aliphatic rings. The molecule has 0 amide bonds. The molecule has 1 fully saturated rings. The molecule has 1 aliphatic carbocycles. The fourth-order valence-electron chi connectivity index (χ4n) is 2.14. The number of nitrogens with two attached hydrogens (primary N) is 1. The zero-order valence-corrected chi connectivity index (χ0v) is 8.16. The highest BCUT2D eigenvalue weighted by Crippen LogP contribution is 2.45. The van der Waals surface area contributed by atoms with Crippen LogP contribution in [-0.4, -0.2) is 5.54 Å². The molecule has 2 unspecified atom stereocenters. The van der Waals surface area contributed by atoms with Gasteiger partial charge in [0.15, 0.2) is 0 Å². The first-order valence-corrected chi connectivity index (χ1v) is 5.07. The SMILES string of the molecule is CCC1CC1(N)Cc1ccccc1. The molecule has 0 radical (unpaired) electrons. The zero-order chi connectivity index (χ0) is 9.31. The van der Waals surface area contributed by atoms with Crippen molar-refractivity contribution in [2.24, 2.45) is 11.7 Å². The van der Waals surface area contributed by atoms with Gasteiger partial charge in [0.25, 0.3) is 0 Å². The van der Waals surface area contributed by atoms with Gasteiger partial charge in [-0.25, -0.2) is 0 Å². The minimum atomic E-state index is 0.121. The van der Waals surface area contributed by atoms with Crippen molar-refractivity contribution in [3.63, 3.8) is 0 Å². The van der Waals surface area contributed by atoms with Gasteiger partial charge in [-0.1, -0.05) is 43.7 Å². The molecule has 0 aliphatic heterocycles. The first-order valence-electron chi connectivity index (χ1n) is 5.07. The molecule has 1 heteroatoms. The second kappa shape index (κ2) is 3.15. The fraction of sp³-hybridized carbons (Fsp3) is 0.500. The molecule has 0 heterocycles. The quantitative estimate of drug-likeness (QED) is 0.749. The highest BCUT2D eigenvalue weighted by Gasteiger charge is 2.48. The van der Waals surface area contributed by atoms with Crippen LogP contribution in [0.3, 0.4) is 0 Å². The van der Waals surface area contributed by atoms with Crippen molar-refractivity contribution in [3.05, 3.63) is 35.9 Å². The molecule has 0 bridgehead atoms. The van der Waals surface area contributed by atoms with Crippen LogP contribution in [0.1, 0.15) is 25.3 Å². The van der Waals surface area contributed by atoms with E-state index in [0.717, 1.165) is 12.3 Å². The van der Waals surface area contributed by atoms with Gasteiger partial charge in [-0.15, -0.1) is 0 Å². The first kappa shape index (κ1) is 8.76. The van der Waals surface area contributed by atoms with Gasteiger partial charge in [-0.05, 0) is 24.3 Å². The Hall–Kier alpha value is -0.820. The lowest BCUT2D eigenvalue weighted by molar-refractivity contribution is 0.579. The van der Waals surface area contributed by atoms with E-state index in [0.29, 0.717) is 0 Å². The van der Waals surface area contributed by atoms with Crippen LogP contribution in [0.5, 0.6) is 0 Å². The zero-order valence-electron chi connectivity index (χ0n) is 8.16. The first-order chi connectivity index (χ1) is 6.24. The van der Waals surface area contributed by atoms with Gasteiger partial charge in [0.05, 0.1) is 0 Å². The van der Waals surface area contributed by atoms with E-state index in [1.807, 2.05) is 0 Å². The summed E-state index contributed by atoms with van der Waals surface area (Å²) >= 11 is 0. The molecule has 2 rings (SSSR count). The van der Waals surface area contributed by atoms with E-state index < -0.39 is 0 Å². The van der Waals surface area contributed by atoms with Crippen molar-refractivity contribution in [2.75, 3.05) is 0 Å². The van der Waals surface area contributed by atoms with E-state index in [1.54, 1.807) is 0 Å². The van der Waals surface area contributed by atoms with E-state index in [9.17, 15) is 0 Å². The third-order valence-corrected chi connectivity index (χ3v) is 3.15. The summed E-state index contributed by atoms with van der Waals surface area (Å²) in [5.41, 5.74) is 7.73. The molecule has 0 saturated heterocycles. The summed E-state index contributed by atoms with van der Waals surface area (Å²) < 4.78 is 0. The predicted molar refractivity (Wildman–Crippen MR) is 55.5 cm³/mol. The van der Waals surface area contributed by atoms with E-state index in [1.165, 1.54) is 18.4 Å². The van der Waals surface area contributed by atoms with Gasteiger partial charge in [0.2, 0.25) is 0 Å². The van der Waals surface area contributed by atoms with Crippen molar-refractivity contribution in [1.82, 2.24) is 0 Å². The Kier molecular flexibility index (Phi) is 2.12. The molecular formula is C12H17N. The molecule has 0 spiro atoms. The van der Waals surface area contributed by atoms with E-state index in [4.69, 9.17) is 5.73 Å². The second-order valence-electron chi connectivity index (χ2n) is 4.20. The summed E-state index contributed by atoms with van der Waals surface area (Å²) in [6, 6.07) is 10.6. The highest BCUT2D eigenvalue weighted by atomic mass is 14.9. The maximum absolute atomic E-state index is 6.23. The minimum absolute atomic E-state index is 0.121. The third kappa shape index (κ3) is 1.75. The topological polar surface area (TPSA) is 26.0 Å². The van der Waals surface area contributed by atoms with Crippen LogP contribution in [0.4, 0.5) is 0 Å². The van der Waals surface area contributed by atoms with Gasteiger partial charge in [-0.2, -0.15) is 0 Å². The van der Waals surface area contributed by atoms with Crippen LogP contribution in [0.2, 0.25) is 0 Å². The van der Waals surface area contributed by atoms with Crippen molar-refractivity contribution in [2.45, 2.75) is 31.7 Å². The molecule has 1 nitrogen and oxygen atoms in total. The molecular weight excluding hydrogens is 158 g/mol. The molecule has 2 N–H and O–H groups in total. The van der Waals surface area contributed by atoms with Crippen molar-refractivity contribution >= 4 is 0 Å². The van der Waals surface area contributed by atoms with E-state index in [2.05, 4.69) is 37.3 Å². The maximum Gasteiger partial charge on any atom is 0.0227 e. The maximum atomic E-state index is 6.23. The summed E-state index contributed by atoms with van der Waals surface area (Å²) in [6.45, 7) is 2.23. The monoisotopic (exact) mass is 175 g/mol. The van der Waals surface area contributed by atoms with Gasteiger partial charge >= 0.3 is 0 Å². The fourth-order valence-corrected chi connectivity index (χ4v) is 2.14. The molecule has 70 valence electrons. The summed E-state index contributed by atoms with van der Waals surface area (Å²) in [5, 5.41) is 0. The van der Waals surface area contributed by atoms with Crippen LogP contribution >= 0.6 is 0 Å². The van der Waals surface area contributed by atoms with Gasteiger partial charge < -0.3 is 5.73 Å². The Labute approximate surface area is 80.0 Å². The normalized spacial score (nSPS) is 31.7. The number of benzene rings is 1. The standard InChI is InChI=1S/C12H17N/c1-2-11-9-12(11,13)8-10-6-4-3-5-7-10/h3-7,11H,2,8-9,13H2,1H3. The molecule has 1 aromatic carbocycles. The van der Waals surface area contributed by atoms with E-state index in [-0.39, 0.29) is 5.54 Å². The second-order valence-corrected chi connectivity index (χ2v) is 4.20. The third-order valence-electron chi connectivity index (χ3n) is 3.15. The largest absolute Gasteiger partial charge is 0.325 e. The van der Waals surface area contributed by atoms with Gasteiger partial charge in [0.1, 0.15) is 0 Å². The van der Waals surface area contributed by atoms with Crippen LogP contribution in [0.15, 0.2) is 30.3 Å². The number of hydrogen-bond acceptors (Lipinski definition) is 1. The highest BCUT2D eigenvalue weighted by molar-refractivity contribution is 5.22. The summed E-state index contributed by atoms with van der Waals surface area (Å²) in [6.07, 6.45) is 3.48. The molecule has 1 saturated carbocycles. The lowest BCUT2D eigenvalue weighted by Crippen LogP contribution is -2.27. The van der Waals surface area contributed by atoms with Crippen molar-refractivity contribution in [1.29, 1.82) is 0 Å². The summed E-state index contributed by atoms with van der Waals surface area (Å²) in [5.74, 6) is 0.757. The lowest BCUT2D eigenvalue weighted by Gasteiger charge is -2.10. The van der Waals surface area contributed by atoms with Crippen molar-refractivity contribution < 1.29 is 0 Å². The van der Waals surface area contributed by atoms with Crippen molar-refractivity contribution in [3.8, 4) is 0 Å². The lowest BCUT2D eigenvalue weighted by atomic mass is 10.0. The Morgan fingerprint density at radius 3 is 2.62 bits per heavy atom. The molecule has 0 aromatic heterocycles. The average molecular weight is 175 g/mol. The Morgan fingerprint density at radius 2 is 2.08 bits per heavy atom. The van der Waals surface area contributed by atoms with Crippen LogP contribution in [-0.2, 0) is 6.42 Å². The average Bonchev–Trinajstić information content (AvgIpc) is 2.78. The van der Waals surface area contributed by atoms with Crippen LogP contribution in [0, 0.1) is 5.92 Å².